The lowest BCUT2D eigenvalue weighted by molar-refractivity contribution is 0.0948. The Kier molecular flexibility index (Phi) is 3.62. The van der Waals surface area contributed by atoms with E-state index in [0.717, 1.165) is 12.0 Å². The zero-order chi connectivity index (χ0) is 13.0. The predicted molar refractivity (Wildman–Crippen MR) is 67.4 cm³/mol. The molecule has 2 rings (SSSR count). The van der Waals surface area contributed by atoms with Crippen LogP contribution in [0.15, 0.2) is 36.5 Å². The van der Waals surface area contributed by atoms with E-state index in [1.165, 1.54) is 0 Å². The fraction of sp³-hybridized carbons (Fsp3) is 0.231. The molecule has 18 heavy (non-hydrogen) atoms. The fourth-order valence-electron chi connectivity index (χ4n) is 1.61. The SMILES string of the molecule is Cn1ccc(C(=O)NCCc2ccc(O)cc2)n1. The maximum atomic E-state index is 11.7. The first-order valence-electron chi connectivity index (χ1n) is 5.71. The Hall–Kier alpha value is -2.30. The number of rotatable bonds is 4. The molecule has 0 spiro atoms. The predicted octanol–water partition coefficient (Wildman–Crippen LogP) is 1.10. The Balaban J connectivity index is 1.82. The summed E-state index contributed by atoms with van der Waals surface area (Å²) in [6.45, 7) is 0.542. The van der Waals surface area contributed by atoms with Crippen molar-refractivity contribution in [3.05, 3.63) is 47.8 Å². The van der Waals surface area contributed by atoms with E-state index < -0.39 is 0 Å². The van der Waals surface area contributed by atoms with Gasteiger partial charge >= 0.3 is 0 Å². The molecule has 0 aliphatic rings. The van der Waals surface area contributed by atoms with Crippen LogP contribution in [0.3, 0.4) is 0 Å². The number of aromatic hydroxyl groups is 1. The molecule has 1 aromatic heterocycles. The highest BCUT2D eigenvalue weighted by molar-refractivity contribution is 5.92. The fourth-order valence-corrected chi connectivity index (χ4v) is 1.61. The summed E-state index contributed by atoms with van der Waals surface area (Å²) in [6, 6.07) is 8.62. The Morgan fingerprint density at radius 1 is 1.33 bits per heavy atom. The quantitative estimate of drug-likeness (QED) is 0.847. The highest BCUT2D eigenvalue weighted by atomic mass is 16.3. The second-order valence-electron chi connectivity index (χ2n) is 4.05. The lowest BCUT2D eigenvalue weighted by atomic mass is 10.1. The van der Waals surface area contributed by atoms with Gasteiger partial charge in [0.2, 0.25) is 0 Å². The van der Waals surface area contributed by atoms with Crippen LogP contribution in [0.2, 0.25) is 0 Å². The molecular weight excluding hydrogens is 230 g/mol. The van der Waals surface area contributed by atoms with Crippen LogP contribution in [0.4, 0.5) is 0 Å². The van der Waals surface area contributed by atoms with E-state index in [2.05, 4.69) is 10.4 Å². The Labute approximate surface area is 105 Å². The molecule has 0 saturated heterocycles. The molecule has 1 amide bonds. The van der Waals surface area contributed by atoms with Gasteiger partial charge in [0.1, 0.15) is 11.4 Å². The van der Waals surface area contributed by atoms with Gasteiger partial charge in [-0.3, -0.25) is 9.48 Å². The molecule has 0 fully saturated rings. The normalized spacial score (nSPS) is 10.3. The average molecular weight is 245 g/mol. The monoisotopic (exact) mass is 245 g/mol. The maximum Gasteiger partial charge on any atom is 0.271 e. The topological polar surface area (TPSA) is 67.2 Å². The number of hydrogen-bond acceptors (Lipinski definition) is 3. The number of amides is 1. The average Bonchev–Trinajstić information content (AvgIpc) is 2.78. The molecule has 0 unspecified atom stereocenters. The third-order valence-corrected chi connectivity index (χ3v) is 2.58. The summed E-state index contributed by atoms with van der Waals surface area (Å²) in [5.74, 6) is 0.0747. The second kappa shape index (κ2) is 5.35. The Morgan fingerprint density at radius 2 is 2.06 bits per heavy atom. The summed E-state index contributed by atoms with van der Waals surface area (Å²) >= 11 is 0. The molecule has 0 aliphatic heterocycles. The first-order chi connectivity index (χ1) is 8.65. The van der Waals surface area contributed by atoms with Crippen molar-refractivity contribution in [2.24, 2.45) is 7.05 Å². The summed E-state index contributed by atoms with van der Waals surface area (Å²) in [7, 11) is 1.77. The molecule has 0 saturated carbocycles. The van der Waals surface area contributed by atoms with E-state index in [0.29, 0.717) is 12.2 Å². The number of carbonyl (C=O) groups is 1. The molecule has 2 aromatic rings. The summed E-state index contributed by atoms with van der Waals surface area (Å²) in [5, 5.41) is 16.0. The van der Waals surface area contributed by atoms with Crippen LogP contribution in [0.25, 0.3) is 0 Å². The largest absolute Gasteiger partial charge is 0.508 e. The molecule has 5 heteroatoms. The first kappa shape index (κ1) is 12.2. The molecule has 0 atom stereocenters. The van der Waals surface area contributed by atoms with Crippen LogP contribution in [-0.4, -0.2) is 27.3 Å². The number of carbonyl (C=O) groups excluding carboxylic acids is 1. The third kappa shape index (κ3) is 3.10. The van der Waals surface area contributed by atoms with E-state index in [1.54, 1.807) is 36.1 Å². The maximum absolute atomic E-state index is 11.7. The highest BCUT2D eigenvalue weighted by Crippen LogP contribution is 2.09. The molecule has 0 radical (unpaired) electrons. The minimum atomic E-state index is -0.172. The van der Waals surface area contributed by atoms with Gasteiger partial charge in [-0.15, -0.1) is 0 Å². The molecule has 1 heterocycles. The molecule has 0 aliphatic carbocycles. The molecule has 5 nitrogen and oxygen atoms in total. The zero-order valence-corrected chi connectivity index (χ0v) is 10.1. The number of aromatic nitrogens is 2. The van der Waals surface area contributed by atoms with Crippen molar-refractivity contribution in [2.45, 2.75) is 6.42 Å². The summed E-state index contributed by atoms with van der Waals surface area (Å²) < 4.78 is 1.59. The molecule has 1 aromatic carbocycles. The lowest BCUT2D eigenvalue weighted by Gasteiger charge is -2.03. The highest BCUT2D eigenvalue weighted by Gasteiger charge is 2.07. The van der Waals surface area contributed by atoms with Crippen LogP contribution >= 0.6 is 0 Å². The first-order valence-corrected chi connectivity index (χ1v) is 5.71. The van der Waals surface area contributed by atoms with Crippen LogP contribution in [0, 0.1) is 0 Å². The minimum Gasteiger partial charge on any atom is -0.508 e. The number of nitrogens with zero attached hydrogens (tertiary/aromatic N) is 2. The van der Waals surface area contributed by atoms with E-state index in [9.17, 15) is 4.79 Å². The third-order valence-electron chi connectivity index (χ3n) is 2.58. The van der Waals surface area contributed by atoms with Crippen LogP contribution in [-0.2, 0) is 13.5 Å². The smallest absolute Gasteiger partial charge is 0.271 e. The standard InChI is InChI=1S/C13H15N3O2/c1-16-9-7-12(15-16)13(18)14-8-6-10-2-4-11(17)5-3-10/h2-5,7,9,17H,6,8H2,1H3,(H,14,18). The van der Waals surface area contributed by atoms with Gasteiger partial charge in [-0.25, -0.2) is 0 Å². The van der Waals surface area contributed by atoms with Gasteiger partial charge in [0.05, 0.1) is 0 Å². The van der Waals surface area contributed by atoms with Crippen molar-refractivity contribution in [2.75, 3.05) is 6.54 Å². The Bertz CT molecular complexity index is 531. The number of benzene rings is 1. The van der Waals surface area contributed by atoms with E-state index in [-0.39, 0.29) is 11.7 Å². The number of phenolic OH excluding ortho intramolecular Hbond substituents is 1. The minimum absolute atomic E-state index is 0.172. The number of hydrogen-bond donors (Lipinski definition) is 2. The van der Waals surface area contributed by atoms with E-state index in [1.807, 2.05) is 12.1 Å². The van der Waals surface area contributed by atoms with Crippen molar-refractivity contribution in [1.29, 1.82) is 0 Å². The van der Waals surface area contributed by atoms with Crippen molar-refractivity contribution >= 4 is 5.91 Å². The molecule has 0 bridgehead atoms. The van der Waals surface area contributed by atoms with Gasteiger partial charge in [0.25, 0.3) is 5.91 Å². The van der Waals surface area contributed by atoms with Crippen molar-refractivity contribution < 1.29 is 9.90 Å². The molecule has 94 valence electrons. The van der Waals surface area contributed by atoms with Gasteiger partial charge in [0, 0.05) is 19.8 Å². The van der Waals surface area contributed by atoms with Gasteiger partial charge < -0.3 is 10.4 Å². The van der Waals surface area contributed by atoms with E-state index >= 15 is 0 Å². The van der Waals surface area contributed by atoms with E-state index in [4.69, 9.17) is 5.11 Å². The van der Waals surface area contributed by atoms with Crippen molar-refractivity contribution in [3.8, 4) is 5.75 Å². The number of aryl methyl sites for hydroxylation is 1. The Morgan fingerprint density at radius 3 is 2.67 bits per heavy atom. The second-order valence-corrected chi connectivity index (χ2v) is 4.05. The number of phenols is 1. The van der Waals surface area contributed by atoms with Gasteiger partial charge in [-0.1, -0.05) is 12.1 Å². The summed E-state index contributed by atoms with van der Waals surface area (Å²) in [6.07, 6.45) is 2.45. The van der Waals surface area contributed by atoms with Gasteiger partial charge in [0.15, 0.2) is 0 Å². The van der Waals surface area contributed by atoms with Crippen molar-refractivity contribution in [1.82, 2.24) is 15.1 Å². The van der Waals surface area contributed by atoms with Crippen LogP contribution in [0.5, 0.6) is 5.75 Å². The molecule has 2 N–H and O–H groups in total. The molecular formula is C13H15N3O2. The summed E-state index contributed by atoms with van der Waals surface area (Å²) in [4.78, 5) is 11.7. The summed E-state index contributed by atoms with van der Waals surface area (Å²) in [5.41, 5.74) is 1.48. The lowest BCUT2D eigenvalue weighted by Crippen LogP contribution is -2.26. The van der Waals surface area contributed by atoms with Crippen molar-refractivity contribution in [3.63, 3.8) is 0 Å². The number of nitrogens with one attached hydrogen (secondary N) is 1. The van der Waals surface area contributed by atoms with Crippen LogP contribution in [0.1, 0.15) is 16.1 Å². The van der Waals surface area contributed by atoms with Gasteiger partial charge in [-0.2, -0.15) is 5.10 Å². The zero-order valence-electron chi connectivity index (χ0n) is 10.1. The van der Waals surface area contributed by atoms with Gasteiger partial charge in [-0.05, 0) is 30.2 Å². The van der Waals surface area contributed by atoms with Crippen LogP contribution < -0.4 is 5.32 Å².